The quantitative estimate of drug-likeness (QED) is 0.489. The van der Waals surface area contributed by atoms with Crippen molar-refractivity contribution >= 4 is 45.0 Å². The van der Waals surface area contributed by atoms with Crippen LogP contribution in [0.5, 0.6) is 0 Å². The molecule has 0 aliphatic carbocycles. The molecule has 7 heteroatoms. The van der Waals surface area contributed by atoms with Crippen LogP contribution in [0.3, 0.4) is 0 Å². The Morgan fingerprint density at radius 2 is 1.20 bits per heavy atom. The third kappa shape index (κ3) is 1.99. The van der Waals surface area contributed by atoms with Crippen LogP contribution in [-0.2, 0) is 9.59 Å². The van der Waals surface area contributed by atoms with Gasteiger partial charge in [-0.2, -0.15) is 0 Å². The van der Waals surface area contributed by atoms with Crippen LogP contribution in [0.25, 0.3) is 33.2 Å². The summed E-state index contributed by atoms with van der Waals surface area (Å²) in [6.07, 6.45) is 3.34. The summed E-state index contributed by atoms with van der Waals surface area (Å²) in [5, 5.41) is 4.11. The Bertz CT molecular complexity index is 1050. The van der Waals surface area contributed by atoms with E-state index in [1.165, 1.54) is 0 Å². The number of fused-ring (bicyclic) bond motifs is 2. The summed E-state index contributed by atoms with van der Waals surface area (Å²) < 4.78 is 0. The first-order chi connectivity index (χ1) is 12.2. The SMILES string of the molecule is O=C1NC(=O)C(c2cc3cccnc3[nH]2)=C1c1cc2cccnc2[nH]1. The number of rotatable bonds is 2. The molecule has 0 fully saturated rings. The van der Waals surface area contributed by atoms with Crippen LogP contribution in [0.4, 0.5) is 0 Å². The van der Waals surface area contributed by atoms with Crippen LogP contribution >= 0.6 is 0 Å². The molecule has 0 saturated carbocycles. The van der Waals surface area contributed by atoms with Gasteiger partial charge >= 0.3 is 0 Å². The monoisotopic (exact) mass is 329 g/mol. The highest BCUT2D eigenvalue weighted by Crippen LogP contribution is 2.32. The van der Waals surface area contributed by atoms with Gasteiger partial charge in [-0.25, -0.2) is 9.97 Å². The van der Waals surface area contributed by atoms with E-state index >= 15 is 0 Å². The summed E-state index contributed by atoms with van der Waals surface area (Å²) in [6, 6.07) is 11.1. The van der Waals surface area contributed by atoms with Crippen molar-refractivity contribution in [2.75, 3.05) is 0 Å². The average molecular weight is 329 g/mol. The van der Waals surface area contributed by atoms with Crippen molar-refractivity contribution in [1.29, 1.82) is 0 Å². The van der Waals surface area contributed by atoms with Crippen LogP contribution in [0, 0.1) is 0 Å². The number of aromatic nitrogens is 4. The van der Waals surface area contributed by atoms with E-state index in [0.717, 1.165) is 10.8 Å². The second-order valence-corrected chi connectivity index (χ2v) is 5.78. The lowest BCUT2D eigenvalue weighted by molar-refractivity contribution is -0.122. The van der Waals surface area contributed by atoms with Gasteiger partial charge in [0.2, 0.25) is 0 Å². The fourth-order valence-electron chi connectivity index (χ4n) is 3.15. The van der Waals surface area contributed by atoms with E-state index in [0.29, 0.717) is 33.8 Å². The molecule has 25 heavy (non-hydrogen) atoms. The van der Waals surface area contributed by atoms with E-state index in [1.54, 1.807) is 12.4 Å². The molecule has 5 rings (SSSR count). The fraction of sp³-hybridized carbons (Fsp3) is 0. The lowest BCUT2D eigenvalue weighted by Crippen LogP contribution is -2.22. The van der Waals surface area contributed by atoms with Crippen molar-refractivity contribution in [3.8, 4) is 0 Å². The molecule has 5 heterocycles. The highest BCUT2D eigenvalue weighted by Gasteiger charge is 2.34. The zero-order valence-corrected chi connectivity index (χ0v) is 12.8. The number of aromatic amines is 2. The maximum Gasteiger partial charge on any atom is 0.261 e. The molecule has 0 aromatic carbocycles. The number of nitrogens with zero attached hydrogens (tertiary/aromatic N) is 2. The number of hydrogen-bond donors (Lipinski definition) is 3. The van der Waals surface area contributed by atoms with Crippen LogP contribution in [0.15, 0.2) is 48.8 Å². The van der Waals surface area contributed by atoms with Crippen LogP contribution in [-0.4, -0.2) is 31.8 Å². The smallest absolute Gasteiger partial charge is 0.261 e. The second kappa shape index (κ2) is 4.88. The molecule has 4 aromatic rings. The maximum absolute atomic E-state index is 12.4. The van der Waals surface area contributed by atoms with Gasteiger partial charge in [0.15, 0.2) is 0 Å². The number of amides is 2. The predicted octanol–water partition coefficient (Wildman–Crippen LogP) is 2.01. The van der Waals surface area contributed by atoms with E-state index < -0.39 is 11.8 Å². The van der Waals surface area contributed by atoms with E-state index in [-0.39, 0.29) is 0 Å². The Morgan fingerprint density at radius 3 is 1.64 bits per heavy atom. The summed E-state index contributed by atoms with van der Waals surface area (Å²) >= 11 is 0. The fourth-order valence-corrected chi connectivity index (χ4v) is 3.15. The zero-order chi connectivity index (χ0) is 17.0. The summed E-state index contributed by atoms with van der Waals surface area (Å²) in [6.45, 7) is 0. The van der Waals surface area contributed by atoms with Crippen molar-refractivity contribution in [3.05, 3.63) is 60.2 Å². The van der Waals surface area contributed by atoms with Gasteiger partial charge in [-0.3, -0.25) is 14.9 Å². The molecule has 3 N–H and O–H groups in total. The molecule has 0 saturated heterocycles. The Hall–Kier alpha value is -3.74. The Kier molecular flexibility index (Phi) is 2.67. The van der Waals surface area contributed by atoms with Crippen LogP contribution in [0.2, 0.25) is 0 Å². The normalized spacial score (nSPS) is 14.7. The molecule has 0 spiro atoms. The van der Waals surface area contributed by atoms with Gasteiger partial charge < -0.3 is 9.97 Å². The number of carbonyl (C=O) groups excluding carboxylic acids is 2. The number of nitrogens with one attached hydrogen (secondary N) is 3. The minimum atomic E-state index is -0.432. The molecular formula is C18H11N5O2. The molecule has 0 radical (unpaired) electrons. The van der Waals surface area contributed by atoms with Gasteiger partial charge in [0.1, 0.15) is 11.3 Å². The number of carbonyl (C=O) groups is 2. The lowest BCUT2D eigenvalue weighted by Gasteiger charge is -1.99. The molecule has 120 valence electrons. The van der Waals surface area contributed by atoms with Gasteiger partial charge in [0, 0.05) is 23.2 Å². The average Bonchev–Trinajstić information content (AvgIpc) is 3.28. The number of pyridine rings is 2. The summed E-state index contributed by atoms with van der Waals surface area (Å²) in [5.41, 5.74) is 3.03. The van der Waals surface area contributed by atoms with Gasteiger partial charge in [-0.1, -0.05) is 0 Å². The molecule has 7 nitrogen and oxygen atoms in total. The van der Waals surface area contributed by atoms with Crippen molar-refractivity contribution in [1.82, 2.24) is 25.3 Å². The molecule has 2 amide bonds. The maximum atomic E-state index is 12.4. The van der Waals surface area contributed by atoms with E-state index in [1.807, 2.05) is 36.4 Å². The van der Waals surface area contributed by atoms with Crippen molar-refractivity contribution in [3.63, 3.8) is 0 Å². The van der Waals surface area contributed by atoms with Gasteiger partial charge in [0.05, 0.1) is 22.5 Å². The summed E-state index contributed by atoms with van der Waals surface area (Å²) in [5.74, 6) is -0.864. The molecule has 0 unspecified atom stereocenters. The van der Waals surface area contributed by atoms with Crippen molar-refractivity contribution < 1.29 is 9.59 Å². The van der Waals surface area contributed by atoms with Crippen molar-refractivity contribution in [2.45, 2.75) is 0 Å². The largest absolute Gasteiger partial charge is 0.339 e. The number of imide groups is 1. The van der Waals surface area contributed by atoms with Crippen LogP contribution in [0.1, 0.15) is 11.4 Å². The molecular weight excluding hydrogens is 318 g/mol. The van der Waals surface area contributed by atoms with Gasteiger partial charge in [0.25, 0.3) is 11.8 Å². The van der Waals surface area contributed by atoms with E-state index in [9.17, 15) is 9.59 Å². The number of H-pyrrole nitrogens is 2. The Balaban J connectivity index is 1.77. The number of hydrogen-bond acceptors (Lipinski definition) is 4. The molecule has 4 aromatic heterocycles. The summed E-state index contributed by atoms with van der Waals surface area (Å²) in [7, 11) is 0. The van der Waals surface area contributed by atoms with E-state index in [2.05, 4.69) is 25.3 Å². The third-order valence-electron chi connectivity index (χ3n) is 4.25. The van der Waals surface area contributed by atoms with Gasteiger partial charge in [-0.05, 0) is 36.4 Å². The topological polar surface area (TPSA) is 104 Å². The predicted molar refractivity (Wildman–Crippen MR) is 92.2 cm³/mol. The lowest BCUT2D eigenvalue weighted by atomic mass is 10.0. The molecule has 0 bridgehead atoms. The first-order valence-corrected chi connectivity index (χ1v) is 7.69. The Labute approximate surface area is 140 Å². The van der Waals surface area contributed by atoms with Crippen molar-refractivity contribution in [2.24, 2.45) is 0 Å². The Morgan fingerprint density at radius 1 is 0.720 bits per heavy atom. The highest BCUT2D eigenvalue weighted by molar-refractivity contribution is 6.49. The zero-order valence-electron chi connectivity index (χ0n) is 12.8. The minimum Gasteiger partial charge on any atom is -0.339 e. The molecule has 1 aliphatic heterocycles. The minimum absolute atomic E-state index is 0.301. The van der Waals surface area contributed by atoms with Crippen LogP contribution < -0.4 is 5.32 Å². The first kappa shape index (κ1) is 13.7. The summed E-state index contributed by atoms with van der Waals surface area (Å²) in [4.78, 5) is 39.5. The molecule has 0 atom stereocenters. The van der Waals surface area contributed by atoms with E-state index in [4.69, 9.17) is 0 Å². The third-order valence-corrected chi connectivity index (χ3v) is 4.25. The van der Waals surface area contributed by atoms with Gasteiger partial charge in [-0.15, -0.1) is 0 Å². The first-order valence-electron chi connectivity index (χ1n) is 7.69. The standard InChI is InChI=1S/C18H11N5O2/c24-17-13(11-7-9-3-1-5-19-15(9)21-11)14(18(25)23-17)12-8-10-4-2-6-20-16(10)22-12/h1-8H,(H,19,21)(H,20,22)(H,23,24,25). The molecule has 1 aliphatic rings. The highest BCUT2D eigenvalue weighted by atomic mass is 16.2. The second-order valence-electron chi connectivity index (χ2n) is 5.78.